The van der Waals surface area contributed by atoms with Gasteiger partial charge in [-0.15, -0.1) is 0 Å². The zero-order valence-electron chi connectivity index (χ0n) is 22.0. The molecule has 0 aliphatic carbocycles. The Hall–Kier alpha value is -3.95. The summed E-state index contributed by atoms with van der Waals surface area (Å²) in [6.07, 6.45) is 1.39. The predicted octanol–water partition coefficient (Wildman–Crippen LogP) is 3.50. The lowest BCUT2D eigenvalue weighted by Gasteiger charge is -2.38. The minimum absolute atomic E-state index is 0.0515. The fourth-order valence-electron chi connectivity index (χ4n) is 5.48. The quantitative estimate of drug-likeness (QED) is 0.528. The minimum Gasteiger partial charge on any atom is -0.493 e. The summed E-state index contributed by atoms with van der Waals surface area (Å²) < 4.78 is 21.7. The molecule has 2 aliphatic rings. The van der Waals surface area contributed by atoms with Gasteiger partial charge in [-0.2, -0.15) is 0 Å². The summed E-state index contributed by atoms with van der Waals surface area (Å²) >= 11 is 0. The van der Waals surface area contributed by atoms with Gasteiger partial charge in [0, 0.05) is 19.5 Å². The smallest absolute Gasteiger partial charge is 0.410 e. The van der Waals surface area contributed by atoms with Gasteiger partial charge in [-0.3, -0.25) is 9.69 Å². The van der Waals surface area contributed by atoms with Gasteiger partial charge in [0.2, 0.25) is 11.7 Å². The van der Waals surface area contributed by atoms with E-state index in [9.17, 15) is 19.5 Å². The summed E-state index contributed by atoms with van der Waals surface area (Å²) in [7, 11) is 4.48. The van der Waals surface area contributed by atoms with E-state index in [1.54, 1.807) is 12.1 Å². The molecule has 2 aliphatic heterocycles. The van der Waals surface area contributed by atoms with Gasteiger partial charge in [0.1, 0.15) is 18.2 Å². The van der Waals surface area contributed by atoms with Gasteiger partial charge in [0.05, 0.1) is 21.3 Å². The Morgan fingerprint density at radius 3 is 2.24 bits per heavy atom. The van der Waals surface area contributed by atoms with Crippen LogP contribution in [0.4, 0.5) is 4.79 Å². The van der Waals surface area contributed by atoms with Gasteiger partial charge in [0.25, 0.3) is 0 Å². The second-order valence-electron chi connectivity index (χ2n) is 9.53. The van der Waals surface area contributed by atoms with Crippen molar-refractivity contribution in [2.45, 2.75) is 50.3 Å². The predicted molar refractivity (Wildman–Crippen MR) is 137 cm³/mol. The zero-order chi connectivity index (χ0) is 27.3. The number of nitrogens with zero attached hydrogens (tertiary/aromatic N) is 2. The van der Waals surface area contributed by atoms with Crippen molar-refractivity contribution in [2.24, 2.45) is 0 Å². The number of carbonyl (C=O) groups excluding carboxylic acids is 2. The maximum atomic E-state index is 13.8. The molecule has 2 heterocycles. The van der Waals surface area contributed by atoms with Gasteiger partial charge >= 0.3 is 12.1 Å². The van der Waals surface area contributed by atoms with E-state index in [0.717, 1.165) is 5.56 Å². The normalized spacial score (nSPS) is 20.8. The van der Waals surface area contributed by atoms with Crippen molar-refractivity contribution >= 4 is 18.0 Å². The van der Waals surface area contributed by atoms with Gasteiger partial charge < -0.3 is 29.0 Å². The highest BCUT2D eigenvalue weighted by molar-refractivity contribution is 5.92. The van der Waals surface area contributed by atoms with Gasteiger partial charge in [0.15, 0.2) is 11.5 Å². The summed E-state index contributed by atoms with van der Waals surface area (Å²) in [5.74, 6) is -0.249. The van der Waals surface area contributed by atoms with Crippen LogP contribution in [0.2, 0.25) is 0 Å². The van der Waals surface area contributed by atoms with Crippen LogP contribution >= 0.6 is 0 Å². The molecule has 0 saturated carbocycles. The average molecular weight is 527 g/mol. The van der Waals surface area contributed by atoms with E-state index in [1.807, 2.05) is 30.3 Å². The Morgan fingerprint density at radius 2 is 1.63 bits per heavy atom. The molecule has 38 heavy (non-hydrogen) atoms. The first-order valence-electron chi connectivity index (χ1n) is 12.7. The molecule has 0 aromatic heterocycles. The number of methoxy groups -OCH3 is 3. The summed E-state index contributed by atoms with van der Waals surface area (Å²) in [6, 6.07) is 11.9. The van der Waals surface area contributed by atoms with Crippen molar-refractivity contribution in [1.82, 2.24) is 9.80 Å². The van der Waals surface area contributed by atoms with Crippen LogP contribution in [-0.2, 0) is 27.4 Å². The third-order valence-electron chi connectivity index (χ3n) is 7.35. The van der Waals surface area contributed by atoms with Crippen LogP contribution in [0.15, 0.2) is 42.5 Å². The third-order valence-corrected chi connectivity index (χ3v) is 7.35. The van der Waals surface area contributed by atoms with E-state index in [4.69, 9.17) is 18.9 Å². The number of aliphatic carboxylic acids is 1. The van der Waals surface area contributed by atoms with Crippen LogP contribution in [0, 0.1) is 0 Å². The maximum Gasteiger partial charge on any atom is 0.410 e. The van der Waals surface area contributed by atoms with Crippen molar-refractivity contribution in [3.05, 3.63) is 53.6 Å². The Balaban J connectivity index is 1.56. The molecule has 2 saturated heterocycles. The van der Waals surface area contributed by atoms with Crippen molar-refractivity contribution in [2.75, 3.05) is 34.4 Å². The SMILES string of the molecule is COc1cc(C[C@@]2(C(=O)O)CCCN2C(=O)C2CCCN2C(=O)OCc2ccccc2)cc(OC)c1OC. The summed E-state index contributed by atoms with van der Waals surface area (Å²) in [5, 5.41) is 10.4. The second kappa shape index (κ2) is 11.6. The summed E-state index contributed by atoms with van der Waals surface area (Å²) in [6.45, 7) is 0.769. The molecule has 0 spiro atoms. The molecule has 2 atom stereocenters. The number of hydrogen-bond donors (Lipinski definition) is 1. The van der Waals surface area contributed by atoms with Gasteiger partial charge in [-0.1, -0.05) is 30.3 Å². The van der Waals surface area contributed by atoms with E-state index < -0.39 is 23.6 Å². The van der Waals surface area contributed by atoms with Crippen LogP contribution < -0.4 is 14.2 Å². The van der Waals surface area contributed by atoms with Crippen molar-refractivity contribution in [3.63, 3.8) is 0 Å². The molecular formula is C28H34N2O8. The standard InChI is InChI=1S/C28H34N2O8/c1-35-22-15-20(16-23(36-2)24(22)37-3)17-28(26(32)33)12-8-14-30(28)25(31)21-11-7-13-29(21)27(34)38-18-19-9-5-4-6-10-19/h4-6,9-10,15-16,21H,7-8,11-14,17-18H2,1-3H3,(H,32,33)/t21?,28-/m1/s1. The molecule has 4 rings (SSSR count). The number of benzene rings is 2. The monoisotopic (exact) mass is 526 g/mol. The van der Waals surface area contributed by atoms with Crippen LogP contribution in [0.3, 0.4) is 0 Å². The first kappa shape index (κ1) is 27.1. The van der Waals surface area contributed by atoms with Crippen LogP contribution in [-0.4, -0.2) is 78.9 Å². The number of hydrogen-bond acceptors (Lipinski definition) is 7. The van der Waals surface area contributed by atoms with Crippen molar-refractivity contribution < 1.29 is 38.4 Å². The number of amides is 2. The van der Waals surface area contributed by atoms with E-state index in [2.05, 4.69) is 0 Å². The van der Waals surface area contributed by atoms with E-state index in [1.165, 1.54) is 31.1 Å². The molecule has 2 aromatic carbocycles. The van der Waals surface area contributed by atoms with Crippen molar-refractivity contribution in [3.8, 4) is 17.2 Å². The zero-order valence-corrected chi connectivity index (χ0v) is 22.0. The molecule has 0 bridgehead atoms. The highest BCUT2D eigenvalue weighted by Crippen LogP contribution is 2.41. The lowest BCUT2D eigenvalue weighted by molar-refractivity contribution is -0.158. The van der Waals surface area contributed by atoms with Crippen molar-refractivity contribution in [1.29, 1.82) is 0 Å². The molecule has 0 radical (unpaired) electrons. The molecule has 1 unspecified atom stereocenters. The number of carbonyl (C=O) groups is 3. The van der Waals surface area contributed by atoms with Gasteiger partial charge in [-0.25, -0.2) is 9.59 Å². The van der Waals surface area contributed by atoms with Crippen LogP contribution in [0.5, 0.6) is 17.2 Å². The molecule has 10 nitrogen and oxygen atoms in total. The molecule has 2 fully saturated rings. The topological polar surface area (TPSA) is 115 Å². The van der Waals surface area contributed by atoms with Gasteiger partial charge in [-0.05, 0) is 48.9 Å². The number of carboxylic acids is 1. The molecule has 1 N–H and O–H groups in total. The molecular weight excluding hydrogens is 492 g/mol. The number of rotatable bonds is 9. The molecule has 204 valence electrons. The summed E-state index contributed by atoms with van der Waals surface area (Å²) in [5.41, 5.74) is 0.00836. The summed E-state index contributed by atoms with van der Waals surface area (Å²) in [4.78, 5) is 42.4. The highest BCUT2D eigenvalue weighted by atomic mass is 16.6. The molecule has 2 amide bonds. The number of likely N-dealkylation sites (tertiary alicyclic amines) is 2. The third kappa shape index (κ3) is 5.20. The number of carboxylic acid groups (broad SMARTS) is 1. The fourth-order valence-corrected chi connectivity index (χ4v) is 5.48. The highest BCUT2D eigenvalue weighted by Gasteiger charge is 2.52. The minimum atomic E-state index is -1.47. The van der Waals surface area contributed by atoms with E-state index in [-0.39, 0.29) is 25.4 Å². The maximum absolute atomic E-state index is 13.8. The Labute approximate surface area is 222 Å². The Morgan fingerprint density at radius 1 is 0.947 bits per heavy atom. The molecule has 10 heteroatoms. The first-order chi connectivity index (χ1) is 18.3. The lowest BCUT2D eigenvalue weighted by atomic mass is 9.87. The Kier molecular flexibility index (Phi) is 8.29. The average Bonchev–Trinajstić information content (AvgIpc) is 3.60. The molecule has 2 aromatic rings. The number of ether oxygens (including phenoxy) is 4. The second-order valence-corrected chi connectivity index (χ2v) is 9.53. The first-order valence-corrected chi connectivity index (χ1v) is 12.7. The van der Waals surface area contributed by atoms with Crippen LogP contribution in [0.25, 0.3) is 0 Å². The largest absolute Gasteiger partial charge is 0.493 e. The Bertz CT molecular complexity index is 1150. The van der Waals surface area contributed by atoms with E-state index in [0.29, 0.717) is 55.2 Å². The van der Waals surface area contributed by atoms with Crippen LogP contribution in [0.1, 0.15) is 36.8 Å². The fraction of sp³-hybridized carbons (Fsp3) is 0.464. The van der Waals surface area contributed by atoms with E-state index >= 15 is 0 Å². The lowest BCUT2D eigenvalue weighted by Crippen LogP contribution is -2.59.